The summed E-state index contributed by atoms with van der Waals surface area (Å²) in [6, 6.07) is 14.0. The second-order valence-electron chi connectivity index (χ2n) is 9.10. The van der Waals surface area contributed by atoms with Crippen LogP contribution in [-0.4, -0.2) is 60.3 Å². The molecule has 11 heteroatoms. The highest BCUT2D eigenvalue weighted by Gasteiger charge is 2.61. The first-order valence-electron chi connectivity index (χ1n) is 11.9. The maximum absolute atomic E-state index is 13.1. The Morgan fingerprint density at radius 3 is 2.18 bits per heavy atom. The predicted molar refractivity (Wildman–Crippen MR) is 138 cm³/mol. The molecule has 38 heavy (non-hydrogen) atoms. The zero-order chi connectivity index (χ0) is 27.4. The van der Waals surface area contributed by atoms with Crippen molar-refractivity contribution in [1.29, 1.82) is 0 Å². The first-order chi connectivity index (χ1) is 18.2. The Kier molecular flexibility index (Phi) is 8.62. The van der Waals surface area contributed by atoms with Crippen LogP contribution in [0.3, 0.4) is 0 Å². The number of hydrogen-bond acceptors (Lipinski definition) is 7. The number of carbonyl (C=O) groups excluding carboxylic acids is 1. The number of esters is 1. The topological polar surface area (TPSA) is 131 Å². The first kappa shape index (κ1) is 27.9. The zero-order valence-electron chi connectivity index (χ0n) is 20.5. The first-order valence-corrected chi connectivity index (χ1v) is 12.7. The molecular weight excluding hydrogens is 537 g/mol. The number of benzene rings is 2. The zero-order valence-corrected chi connectivity index (χ0v) is 22.0. The van der Waals surface area contributed by atoms with Crippen molar-refractivity contribution >= 4 is 41.1 Å². The fourth-order valence-electron chi connectivity index (χ4n) is 5.34. The molecule has 2 heterocycles. The number of nitrogens with one attached hydrogen (secondary N) is 1. The molecule has 0 bridgehead atoms. The van der Waals surface area contributed by atoms with Gasteiger partial charge in [0.2, 0.25) is 0 Å². The van der Waals surface area contributed by atoms with E-state index in [4.69, 9.17) is 37.4 Å². The monoisotopic (exact) mass is 563 g/mol. The van der Waals surface area contributed by atoms with Crippen LogP contribution < -0.4 is 5.32 Å². The van der Waals surface area contributed by atoms with E-state index < -0.39 is 48.0 Å². The molecule has 2 aliphatic rings. The standard InChI is InChI=1S/C27H27Cl2NO8/c1-36-19(31)14-27(26-37-12-13-38-26)23(25(34)35)22(20-16(28)8-5-9-17(20)29)21(24(32)33)18(30-27)11-10-15-6-3-2-4-7-15/h2-9,22-23,26,30H,10-14H2,1H3,(H,32,33)(H,34,35). The summed E-state index contributed by atoms with van der Waals surface area (Å²) in [6.07, 6.45) is -1.06. The van der Waals surface area contributed by atoms with Crippen molar-refractivity contribution < 1.29 is 38.8 Å². The molecule has 0 aliphatic carbocycles. The Balaban J connectivity index is 1.99. The summed E-state index contributed by atoms with van der Waals surface area (Å²) in [4.78, 5) is 38.6. The number of hydrogen-bond donors (Lipinski definition) is 3. The number of aliphatic carboxylic acids is 2. The fourth-order valence-corrected chi connectivity index (χ4v) is 5.98. The molecule has 0 amide bonds. The average Bonchev–Trinajstić information content (AvgIpc) is 3.43. The summed E-state index contributed by atoms with van der Waals surface area (Å²) in [7, 11) is 1.18. The summed E-state index contributed by atoms with van der Waals surface area (Å²) >= 11 is 13.1. The number of allylic oxidation sites excluding steroid dienone is 1. The summed E-state index contributed by atoms with van der Waals surface area (Å²) in [5, 5.41) is 24.4. The van der Waals surface area contributed by atoms with Gasteiger partial charge in [-0.2, -0.15) is 0 Å². The lowest BCUT2D eigenvalue weighted by Crippen LogP contribution is -2.66. The number of rotatable bonds is 9. The van der Waals surface area contributed by atoms with Gasteiger partial charge in [-0.3, -0.25) is 9.59 Å². The molecule has 3 unspecified atom stereocenters. The van der Waals surface area contributed by atoms with Gasteiger partial charge in [0.15, 0.2) is 6.29 Å². The van der Waals surface area contributed by atoms with Gasteiger partial charge in [-0.25, -0.2) is 4.79 Å². The fraction of sp³-hybridized carbons (Fsp3) is 0.370. The van der Waals surface area contributed by atoms with Crippen LogP contribution in [0.5, 0.6) is 0 Å². The van der Waals surface area contributed by atoms with Crippen molar-refractivity contribution in [2.45, 2.75) is 37.0 Å². The van der Waals surface area contributed by atoms with Gasteiger partial charge in [0.1, 0.15) is 5.54 Å². The molecule has 3 N–H and O–H groups in total. The smallest absolute Gasteiger partial charge is 0.333 e. The minimum atomic E-state index is -1.74. The summed E-state index contributed by atoms with van der Waals surface area (Å²) in [6.45, 7) is 0.321. The Morgan fingerprint density at radius 1 is 1.00 bits per heavy atom. The number of carbonyl (C=O) groups is 3. The lowest BCUT2D eigenvalue weighted by Gasteiger charge is -2.49. The largest absolute Gasteiger partial charge is 0.481 e. The van der Waals surface area contributed by atoms with E-state index in [1.165, 1.54) is 19.2 Å². The van der Waals surface area contributed by atoms with Crippen molar-refractivity contribution in [3.8, 4) is 0 Å². The molecule has 3 atom stereocenters. The highest BCUT2D eigenvalue weighted by atomic mass is 35.5. The van der Waals surface area contributed by atoms with Crippen molar-refractivity contribution in [1.82, 2.24) is 5.32 Å². The van der Waals surface area contributed by atoms with E-state index in [1.807, 2.05) is 30.3 Å². The number of ether oxygens (including phenoxy) is 3. The van der Waals surface area contributed by atoms with Crippen molar-refractivity contribution in [3.63, 3.8) is 0 Å². The van der Waals surface area contributed by atoms with Crippen molar-refractivity contribution in [2.24, 2.45) is 5.92 Å². The van der Waals surface area contributed by atoms with Gasteiger partial charge < -0.3 is 29.7 Å². The Morgan fingerprint density at radius 2 is 1.63 bits per heavy atom. The Labute approximate surface area is 229 Å². The molecule has 2 aromatic carbocycles. The van der Waals surface area contributed by atoms with E-state index in [9.17, 15) is 24.6 Å². The molecule has 2 aliphatic heterocycles. The number of aryl methyl sites for hydroxylation is 1. The van der Waals surface area contributed by atoms with Gasteiger partial charge in [0.05, 0.1) is 38.2 Å². The molecule has 9 nitrogen and oxygen atoms in total. The SMILES string of the molecule is COC(=O)CC1(C2OCCO2)NC(CCc2ccccc2)=C(C(=O)O)C(c2c(Cl)cccc2Cl)C1C(=O)O. The van der Waals surface area contributed by atoms with Gasteiger partial charge in [0, 0.05) is 21.7 Å². The van der Waals surface area contributed by atoms with Gasteiger partial charge in [-0.05, 0) is 36.1 Å². The third-order valence-electron chi connectivity index (χ3n) is 6.93. The highest BCUT2D eigenvalue weighted by molar-refractivity contribution is 6.36. The third-order valence-corrected chi connectivity index (χ3v) is 7.59. The molecule has 1 fully saturated rings. The molecule has 202 valence electrons. The van der Waals surface area contributed by atoms with Crippen molar-refractivity contribution in [3.05, 3.63) is 81.0 Å². The van der Waals surface area contributed by atoms with Crippen LogP contribution in [0.25, 0.3) is 0 Å². The van der Waals surface area contributed by atoms with Gasteiger partial charge in [-0.15, -0.1) is 0 Å². The van der Waals surface area contributed by atoms with Crippen molar-refractivity contribution in [2.75, 3.05) is 20.3 Å². The van der Waals surface area contributed by atoms with Crippen LogP contribution in [0, 0.1) is 5.92 Å². The van der Waals surface area contributed by atoms with Crippen LogP contribution >= 0.6 is 23.2 Å². The number of methoxy groups -OCH3 is 1. The van der Waals surface area contributed by atoms with E-state index in [1.54, 1.807) is 6.07 Å². The quantitative estimate of drug-likeness (QED) is 0.387. The maximum Gasteiger partial charge on any atom is 0.333 e. The molecule has 0 spiro atoms. The molecule has 4 rings (SSSR count). The lowest BCUT2D eigenvalue weighted by molar-refractivity contribution is -0.172. The van der Waals surface area contributed by atoms with E-state index in [0.717, 1.165) is 5.56 Å². The maximum atomic E-state index is 13.1. The third kappa shape index (κ3) is 5.37. The van der Waals surface area contributed by atoms with E-state index >= 15 is 0 Å². The second-order valence-corrected chi connectivity index (χ2v) is 9.92. The molecule has 2 aromatic rings. The predicted octanol–water partition coefficient (Wildman–Crippen LogP) is 4.03. The van der Waals surface area contributed by atoms with Crippen LogP contribution in [0.4, 0.5) is 0 Å². The highest BCUT2D eigenvalue weighted by Crippen LogP contribution is 2.51. The molecule has 0 saturated carbocycles. The molecule has 0 radical (unpaired) electrons. The lowest BCUT2D eigenvalue weighted by atomic mass is 9.64. The van der Waals surface area contributed by atoms with E-state index in [2.05, 4.69) is 5.32 Å². The van der Waals surface area contributed by atoms with Crippen LogP contribution in [0.2, 0.25) is 10.0 Å². The van der Waals surface area contributed by atoms with Gasteiger partial charge >= 0.3 is 17.9 Å². The van der Waals surface area contributed by atoms with E-state index in [-0.39, 0.29) is 46.5 Å². The van der Waals surface area contributed by atoms with E-state index in [0.29, 0.717) is 6.42 Å². The normalized spacial score (nSPS) is 23.7. The molecule has 1 saturated heterocycles. The molecule has 0 aromatic heterocycles. The number of carboxylic acids is 2. The Hall–Kier alpha value is -3.11. The Bertz CT molecular complexity index is 1220. The van der Waals surface area contributed by atoms with Crippen LogP contribution in [0.15, 0.2) is 59.8 Å². The van der Waals surface area contributed by atoms with Gasteiger partial charge in [-0.1, -0.05) is 59.6 Å². The summed E-state index contributed by atoms with van der Waals surface area (Å²) < 4.78 is 16.5. The second kappa shape index (κ2) is 11.7. The minimum absolute atomic E-state index is 0.0945. The van der Waals surface area contributed by atoms with Crippen LogP contribution in [-0.2, 0) is 35.0 Å². The number of halogens is 2. The molecular formula is C27H27Cl2NO8. The number of carboxylic acid groups (broad SMARTS) is 2. The summed E-state index contributed by atoms with van der Waals surface area (Å²) in [5.74, 6) is -6.40. The summed E-state index contributed by atoms with van der Waals surface area (Å²) in [5.41, 5.74) is -0.657. The van der Waals surface area contributed by atoms with Gasteiger partial charge in [0.25, 0.3) is 0 Å². The minimum Gasteiger partial charge on any atom is -0.481 e. The average molecular weight is 564 g/mol. The van der Waals surface area contributed by atoms with Crippen LogP contribution in [0.1, 0.15) is 29.9 Å².